The largest absolute Gasteiger partial charge is 0.214 e. The fourth-order valence-electron chi connectivity index (χ4n) is 2.12. The Kier molecular flexibility index (Phi) is 5.86. The molecule has 1 aliphatic carbocycles. The van der Waals surface area contributed by atoms with Crippen LogP contribution in [0.2, 0.25) is 0 Å². The summed E-state index contributed by atoms with van der Waals surface area (Å²) < 4.78 is 26.0. The van der Waals surface area contributed by atoms with E-state index in [9.17, 15) is 8.42 Å². The van der Waals surface area contributed by atoms with Gasteiger partial charge in [0.25, 0.3) is 0 Å². The number of rotatable bonds is 5. The summed E-state index contributed by atoms with van der Waals surface area (Å²) in [6, 6.07) is 0. The maximum absolute atomic E-state index is 11.7. The van der Waals surface area contributed by atoms with Crippen LogP contribution in [-0.4, -0.2) is 20.7 Å². The average molecular weight is 243 g/mol. The predicted molar refractivity (Wildman–Crippen MR) is 66.4 cm³/mol. The van der Waals surface area contributed by atoms with Gasteiger partial charge in [-0.05, 0) is 25.7 Å². The molecule has 0 radical (unpaired) electrons. The molecule has 0 aromatic heterocycles. The molecule has 0 aromatic rings. The highest BCUT2D eigenvalue weighted by Gasteiger charge is 2.20. The molecule has 0 spiro atoms. The number of hydrogen-bond donors (Lipinski definition) is 1. The van der Waals surface area contributed by atoms with Crippen LogP contribution in [0.5, 0.6) is 0 Å². The van der Waals surface area contributed by atoms with Gasteiger partial charge >= 0.3 is 0 Å². The van der Waals surface area contributed by atoms with Crippen molar-refractivity contribution in [3.8, 4) is 11.8 Å². The molecule has 0 aliphatic heterocycles. The Morgan fingerprint density at radius 3 is 2.56 bits per heavy atom. The summed E-state index contributed by atoms with van der Waals surface area (Å²) in [6.45, 7) is 2.20. The molecule has 0 bridgehead atoms. The fraction of sp³-hybridized carbons (Fsp3) is 0.833. The standard InChI is InChI=1S/C12H21NO2S/c1-2-3-7-10-13-16(14,15)11-12-8-5-4-6-9-12/h12-13H,4-11H2,1H3. The molecule has 0 aromatic carbocycles. The van der Waals surface area contributed by atoms with Gasteiger partial charge in [-0.25, -0.2) is 13.1 Å². The number of sulfonamides is 1. The van der Waals surface area contributed by atoms with Crippen LogP contribution >= 0.6 is 0 Å². The lowest BCUT2D eigenvalue weighted by Crippen LogP contribution is -2.31. The van der Waals surface area contributed by atoms with Crippen LogP contribution in [0.15, 0.2) is 0 Å². The molecule has 1 fully saturated rings. The smallest absolute Gasteiger partial charge is 0.211 e. The van der Waals surface area contributed by atoms with Crippen molar-refractivity contribution in [1.82, 2.24) is 4.72 Å². The molecule has 0 saturated heterocycles. The minimum absolute atomic E-state index is 0.298. The van der Waals surface area contributed by atoms with E-state index in [1.165, 1.54) is 19.3 Å². The first-order valence-corrected chi connectivity index (χ1v) is 7.66. The first-order valence-electron chi connectivity index (χ1n) is 6.01. The molecule has 1 aliphatic rings. The van der Waals surface area contributed by atoms with Gasteiger partial charge in [0.15, 0.2) is 0 Å². The third-order valence-electron chi connectivity index (χ3n) is 2.93. The van der Waals surface area contributed by atoms with E-state index in [0.29, 0.717) is 24.6 Å². The summed E-state index contributed by atoms with van der Waals surface area (Å²) in [5.74, 6) is 6.26. The van der Waals surface area contributed by atoms with Crippen LogP contribution in [0.25, 0.3) is 0 Å². The topological polar surface area (TPSA) is 46.2 Å². The second-order valence-electron chi connectivity index (χ2n) is 4.36. The summed E-state index contributed by atoms with van der Waals surface area (Å²) in [5.41, 5.74) is 0. The molecule has 1 rings (SSSR count). The normalized spacial score (nSPS) is 17.8. The van der Waals surface area contributed by atoms with Gasteiger partial charge in [0.2, 0.25) is 10.0 Å². The van der Waals surface area contributed by atoms with Crippen molar-refractivity contribution in [2.45, 2.75) is 45.4 Å². The van der Waals surface area contributed by atoms with Crippen molar-refractivity contribution >= 4 is 10.0 Å². The molecule has 4 heteroatoms. The van der Waals surface area contributed by atoms with Gasteiger partial charge in [-0.2, -0.15) is 0 Å². The molecule has 0 atom stereocenters. The van der Waals surface area contributed by atoms with Crippen molar-refractivity contribution in [2.75, 3.05) is 12.3 Å². The molecule has 0 unspecified atom stereocenters. The van der Waals surface area contributed by atoms with E-state index >= 15 is 0 Å². The summed E-state index contributed by atoms with van der Waals surface area (Å²) in [7, 11) is -3.08. The van der Waals surface area contributed by atoms with E-state index in [0.717, 1.165) is 12.8 Å². The quantitative estimate of drug-likeness (QED) is 0.592. The lowest BCUT2D eigenvalue weighted by Gasteiger charge is -2.21. The molecule has 0 amide bonds. The third kappa shape index (κ3) is 5.53. The zero-order valence-electron chi connectivity index (χ0n) is 9.96. The van der Waals surface area contributed by atoms with Gasteiger partial charge in [0.05, 0.1) is 5.75 Å². The van der Waals surface area contributed by atoms with E-state index in [4.69, 9.17) is 0 Å². The van der Waals surface area contributed by atoms with E-state index in [1.54, 1.807) is 6.92 Å². The van der Waals surface area contributed by atoms with E-state index in [-0.39, 0.29) is 0 Å². The zero-order chi connectivity index (χ0) is 11.9. The maximum Gasteiger partial charge on any atom is 0.211 e. The number of nitrogens with one attached hydrogen (secondary N) is 1. The van der Waals surface area contributed by atoms with Crippen molar-refractivity contribution in [3.63, 3.8) is 0 Å². The third-order valence-corrected chi connectivity index (χ3v) is 4.48. The number of hydrogen-bond acceptors (Lipinski definition) is 2. The Labute approximate surface area is 99.1 Å². The first kappa shape index (κ1) is 13.5. The highest BCUT2D eigenvalue weighted by atomic mass is 32.2. The first-order chi connectivity index (χ1) is 7.64. The molecule has 1 N–H and O–H groups in total. The SMILES string of the molecule is CC#CCCNS(=O)(=O)CC1CCCCC1. The van der Waals surface area contributed by atoms with Crippen molar-refractivity contribution < 1.29 is 8.42 Å². The molecule has 0 heterocycles. The van der Waals surface area contributed by atoms with Crippen LogP contribution in [0, 0.1) is 17.8 Å². The van der Waals surface area contributed by atoms with Crippen LogP contribution in [0.3, 0.4) is 0 Å². The molecule has 92 valence electrons. The van der Waals surface area contributed by atoms with Crippen LogP contribution in [0.4, 0.5) is 0 Å². The van der Waals surface area contributed by atoms with E-state index in [2.05, 4.69) is 16.6 Å². The Hall–Kier alpha value is -0.530. The van der Waals surface area contributed by atoms with Crippen molar-refractivity contribution in [3.05, 3.63) is 0 Å². The summed E-state index contributed by atoms with van der Waals surface area (Å²) in [5, 5.41) is 0. The zero-order valence-corrected chi connectivity index (χ0v) is 10.8. The van der Waals surface area contributed by atoms with Crippen molar-refractivity contribution in [2.24, 2.45) is 5.92 Å². The molecule has 16 heavy (non-hydrogen) atoms. The highest BCUT2D eigenvalue weighted by molar-refractivity contribution is 7.89. The Morgan fingerprint density at radius 1 is 1.25 bits per heavy atom. The Balaban J connectivity index is 2.28. The Bertz CT molecular complexity index is 345. The molecule has 3 nitrogen and oxygen atoms in total. The predicted octanol–water partition coefficient (Wildman–Crippen LogP) is 1.90. The second-order valence-corrected chi connectivity index (χ2v) is 6.21. The minimum atomic E-state index is -3.08. The lowest BCUT2D eigenvalue weighted by molar-refractivity contribution is 0.384. The van der Waals surface area contributed by atoms with Gasteiger partial charge in [-0.1, -0.05) is 19.3 Å². The van der Waals surface area contributed by atoms with Crippen LogP contribution < -0.4 is 4.72 Å². The summed E-state index contributed by atoms with van der Waals surface area (Å²) >= 11 is 0. The van der Waals surface area contributed by atoms with E-state index < -0.39 is 10.0 Å². The van der Waals surface area contributed by atoms with Crippen LogP contribution in [-0.2, 0) is 10.0 Å². The van der Waals surface area contributed by atoms with Crippen molar-refractivity contribution in [1.29, 1.82) is 0 Å². The highest BCUT2D eigenvalue weighted by Crippen LogP contribution is 2.24. The van der Waals surface area contributed by atoms with Gasteiger partial charge in [0.1, 0.15) is 0 Å². The monoisotopic (exact) mass is 243 g/mol. The minimum Gasteiger partial charge on any atom is -0.214 e. The Morgan fingerprint density at radius 2 is 1.94 bits per heavy atom. The van der Waals surface area contributed by atoms with E-state index in [1.807, 2.05) is 0 Å². The molecule has 1 saturated carbocycles. The van der Waals surface area contributed by atoms with Gasteiger partial charge < -0.3 is 0 Å². The summed E-state index contributed by atoms with van der Waals surface area (Å²) in [6.07, 6.45) is 6.35. The fourth-order valence-corrected chi connectivity index (χ4v) is 3.60. The van der Waals surface area contributed by atoms with Gasteiger partial charge in [-0.15, -0.1) is 11.8 Å². The van der Waals surface area contributed by atoms with Crippen LogP contribution in [0.1, 0.15) is 45.4 Å². The average Bonchev–Trinajstić information content (AvgIpc) is 2.25. The molecular weight excluding hydrogens is 222 g/mol. The summed E-state index contributed by atoms with van der Waals surface area (Å²) in [4.78, 5) is 0. The lowest BCUT2D eigenvalue weighted by atomic mass is 9.91. The maximum atomic E-state index is 11.7. The van der Waals surface area contributed by atoms with Gasteiger partial charge in [-0.3, -0.25) is 0 Å². The second kappa shape index (κ2) is 6.93. The molecular formula is C12H21NO2S. The van der Waals surface area contributed by atoms with Gasteiger partial charge in [0, 0.05) is 13.0 Å².